The van der Waals surface area contributed by atoms with Gasteiger partial charge in [0.1, 0.15) is 0 Å². The first kappa shape index (κ1) is 18.7. The van der Waals surface area contributed by atoms with Crippen molar-refractivity contribution >= 4 is 35.1 Å². The summed E-state index contributed by atoms with van der Waals surface area (Å²) in [4.78, 5) is 0.307. The summed E-state index contributed by atoms with van der Waals surface area (Å²) in [6.45, 7) is 8.91. The minimum atomic E-state index is -3.62. The summed E-state index contributed by atoms with van der Waals surface area (Å²) in [5.74, 6) is 0. The van der Waals surface area contributed by atoms with Gasteiger partial charge >= 0.3 is 0 Å². The van der Waals surface area contributed by atoms with Crippen LogP contribution in [0.3, 0.4) is 0 Å². The second-order valence-corrected chi connectivity index (χ2v) is 15.2. The number of aromatic nitrogens is 1. The zero-order valence-electron chi connectivity index (χ0n) is 15.7. The molecule has 0 atom stereocenters. The predicted octanol–water partition coefficient (Wildman–Crippen LogP) is 5.54. The van der Waals surface area contributed by atoms with Crippen molar-refractivity contribution in [2.75, 3.05) is 0 Å². The van der Waals surface area contributed by atoms with E-state index in [0.717, 1.165) is 22.6 Å². The van der Waals surface area contributed by atoms with Crippen LogP contribution in [0.5, 0.6) is 0 Å². The molecule has 3 aromatic rings. The van der Waals surface area contributed by atoms with Gasteiger partial charge < -0.3 is 0 Å². The van der Waals surface area contributed by atoms with Gasteiger partial charge in [0.05, 0.1) is 10.4 Å². The molecular formula is C21H25NO2SSi. The van der Waals surface area contributed by atoms with Crippen molar-refractivity contribution in [3.8, 4) is 0 Å². The average molecular weight is 384 g/mol. The zero-order chi connectivity index (χ0) is 18.9. The van der Waals surface area contributed by atoms with Gasteiger partial charge in [0, 0.05) is 25.2 Å². The molecule has 0 fully saturated rings. The molecule has 0 N–H and O–H groups in total. The normalized spacial score (nSPS) is 12.9. The van der Waals surface area contributed by atoms with Crippen LogP contribution in [0, 0.1) is 6.92 Å². The molecule has 0 saturated heterocycles. The Kier molecular flexibility index (Phi) is 4.95. The Balaban J connectivity index is 2.11. The first-order chi connectivity index (χ1) is 12.2. The second kappa shape index (κ2) is 6.89. The SMILES string of the molecule is Cc1ccc(S(=O)(=O)n2cc(/C=C/C[Si](C)(C)C)c3ccccc32)cc1. The molecular weight excluding hydrogens is 358 g/mol. The van der Waals surface area contributed by atoms with E-state index in [4.69, 9.17) is 0 Å². The maximum atomic E-state index is 13.2. The van der Waals surface area contributed by atoms with E-state index in [9.17, 15) is 8.42 Å². The highest BCUT2D eigenvalue weighted by atomic mass is 32.2. The summed E-state index contributed by atoms with van der Waals surface area (Å²) in [6.07, 6.45) is 5.97. The van der Waals surface area contributed by atoms with Gasteiger partial charge in [0.25, 0.3) is 10.0 Å². The summed E-state index contributed by atoms with van der Waals surface area (Å²) in [5, 5.41) is 0.954. The van der Waals surface area contributed by atoms with Crippen LogP contribution in [0.15, 0.2) is 65.7 Å². The lowest BCUT2D eigenvalue weighted by molar-refractivity contribution is 0.589. The molecule has 0 amide bonds. The molecule has 0 aliphatic heterocycles. The fourth-order valence-electron chi connectivity index (χ4n) is 2.87. The molecule has 26 heavy (non-hydrogen) atoms. The van der Waals surface area contributed by atoms with Crippen molar-refractivity contribution in [1.29, 1.82) is 0 Å². The molecule has 3 nitrogen and oxygen atoms in total. The lowest BCUT2D eigenvalue weighted by Gasteiger charge is -2.11. The van der Waals surface area contributed by atoms with E-state index in [1.54, 1.807) is 18.3 Å². The van der Waals surface area contributed by atoms with E-state index in [-0.39, 0.29) is 0 Å². The van der Waals surface area contributed by atoms with E-state index in [2.05, 4.69) is 31.8 Å². The zero-order valence-corrected chi connectivity index (χ0v) is 17.5. The van der Waals surface area contributed by atoms with Crippen LogP contribution in [-0.4, -0.2) is 20.5 Å². The lowest BCUT2D eigenvalue weighted by atomic mass is 10.2. The minimum absolute atomic E-state index is 0.307. The topological polar surface area (TPSA) is 39.1 Å². The first-order valence-corrected chi connectivity index (χ1v) is 13.9. The Morgan fingerprint density at radius 1 is 1.00 bits per heavy atom. The Hall–Kier alpha value is -2.11. The molecule has 0 aliphatic rings. The third-order valence-electron chi connectivity index (χ3n) is 4.31. The van der Waals surface area contributed by atoms with Gasteiger partial charge in [-0.15, -0.1) is 0 Å². The highest BCUT2D eigenvalue weighted by Crippen LogP contribution is 2.27. The highest BCUT2D eigenvalue weighted by Gasteiger charge is 2.20. The number of fused-ring (bicyclic) bond motifs is 1. The third-order valence-corrected chi connectivity index (χ3v) is 7.46. The van der Waals surface area contributed by atoms with Crippen molar-refractivity contribution in [2.24, 2.45) is 0 Å². The smallest absolute Gasteiger partial charge is 0.241 e. The van der Waals surface area contributed by atoms with Crippen LogP contribution in [0.2, 0.25) is 25.7 Å². The maximum absolute atomic E-state index is 13.2. The molecule has 1 heterocycles. The fraction of sp³-hybridized carbons (Fsp3) is 0.238. The van der Waals surface area contributed by atoms with Crippen molar-refractivity contribution < 1.29 is 8.42 Å². The number of allylic oxidation sites excluding steroid dienone is 1. The van der Waals surface area contributed by atoms with Crippen molar-refractivity contribution in [3.05, 3.63) is 71.9 Å². The van der Waals surface area contributed by atoms with Crippen LogP contribution >= 0.6 is 0 Å². The van der Waals surface area contributed by atoms with E-state index >= 15 is 0 Å². The summed E-state index contributed by atoms with van der Waals surface area (Å²) < 4.78 is 27.7. The summed E-state index contributed by atoms with van der Waals surface area (Å²) in [7, 11) is -4.80. The standard InChI is InChI=1S/C21H25NO2SSi/c1-17-11-13-19(14-12-17)25(23,24)22-16-18(8-7-15-26(2,3)4)20-9-5-6-10-21(20)22/h5-14,16H,15H2,1-4H3/b8-7+. The first-order valence-electron chi connectivity index (χ1n) is 8.77. The molecule has 0 spiro atoms. The summed E-state index contributed by atoms with van der Waals surface area (Å²) in [6, 6.07) is 15.7. The number of aryl methyl sites for hydroxylation is 1. The van der Waals surface area contributed by atoms with Crippen LogP contribution in [0.25, 0.3) is 17.0 Å². The lowest BCUT2D eigenvalue weighted by Crippen LogP contribution is -2.17. The number of para-hydroxylation sites is 1. The molecule has 0 bridgehead atoms. The van der Waals surface area contributed by atoms with E-state index in [1.165, 1.54) is 3.97 Å². The van der Waals surface area contributed by atoms with E-state index < -0.39 is 18.1 Å². The third kappa shape index (κ3) is 3.84. The van der Waals surface area contributed by atoms with Crippen molar-refractivity contribution in [3.63, 3.8) is 0 Å². The molecule has 0 aliphatic carbocycles. The van der Waals surface area contributed by atoms with Gasteiger partial charge in [-0.25, -0.2) is 12.4 Å². The average Bonchev–Trinajstić information content (AvgIpc) is 2.94. The quantitative estimate of drug-likeness (QED) is 0.543. The molecule has 5 heteroatoms. The van der Waals surface area contributed by atoms with E-state index in [1.807, 2.05) is 43.3 Å². The van der Waals surface area contributed by atoms with Crippen LogP contribution < -0.4 is 0 Å². The number of nitrogens with zero attached hydrogens (tertiary/aromatic N) is 1. The van der Waals surface area contributed by atoms with Crippen molar-refractivity contribution in [2.45, 2.75) is 37.5 Å². The largest absolute Gasteiger partial charge is 0.268 e. The molecule has 2 aromatic carbocycles. The Bertz CT molecular complexity index is 1060. The van der Waals surface area contributed by atoms with Crippen molar-refractivity contribution in [1.82, 2.24) is 3.97 Å². The number of hydrogen-bond donors (Lipinski definition) is 0. The molecule has 136 valence electrons. The van der Waals surface area contributed by atoms with E-state index in [0.29, 0.717) is 10.4 Å². The van der Waals surface area contributed by atoms with Crippen LogP contribution in [0.4, 0.5) is 0 Å². The summed E-state index contributed by atoms with van der Waals surface area (Å²) >= 11 is 0. The molecule has 0 saturated carbocycles. The molecule has 0 radical (unpaired) electrons. The minimum Gasteiger partial charge on any atom is -0.241 e. The van der Waals surface area contributed by atoms with Gasteiger partial charge in [-0.3, -0.25) is 0 Å². The van der Waals surface area contributed by atoms with Gasteiger partial charge in [-0.1, -0.05) is 67.7 Å². The van der Waals surface area contributed by atoms with Crippen LogP contribution in [0.1, 0.15) is 11.1 Å². The summed E-state index contributed by atoms with van der Waals surface area (Å²) in [5.41, 5.74) is 2.69. The molecule has 1 aromatic heterocycles. The van der Waals surface area contributed by atoms with Crippen LogP contribution in [-0.2, 0) is 10.0 Å². The number of hydrogen-bond acceptors (Lipinski definition) is 2. The fourth-order valence-corrected chi connectivity index (χ4v) is 5.07. The number of rotatable bonds is 5. The second-order valence-electron chi connectivity index (χ2n) is 7.88. The Labute approximate surface area is 157 Å². The predicted molar refractivity (Wildman–Crippen MR) is 113 cm³/mol. The van der Waals surface area contributed by atoms with Gasteiger partial charge in [-0.2, -0.15) is 0 Å². The Morgan fingerprint density at radius 2 is 1.65 bits per heavy atom. The molecule has 3 rings (SSSR count). The maximum Gasteiger partial charge on any atom is 0.268 e. The molecule has 0 unspecified atom stereocenters. The highest BCUT2D eigenvalue weighted by molar-refractivity contribution is 7.90. The van der Waals surface area contributed by atoms with Gasteiger partial charge in [0.15, 0.2) is 0 Å². The number of benzene rings is 2. The van der Waals surface area contributed by atoms with Gasteiger partial charge in [0.2, 0.25) is 0 Å². The monoisotopic (exact) mass is 383 g/mol. The van der Waals surface area contributed by atoms with Gasteiger partial charge in [-0.05, 0) is 31.2 Å². The Morgan fingerprint density at radius 3 is 2.31 bits per heavy atom.